The smallest absolute Gasteiger partial charge is 0.255 e. The number of primary amides is 1. The summed E-state index contributed by atoms with van der Waals surface area (Å²) >= 11 is 0. The van der Waals surface area contributed by atoms with E-state index in [0.29, 0.717) is 17.9 Å². The Bertz CT molecular complexity index is 431. The third-order valence-corrected chi connectivity index (χ3v) is 2.44. The second-order valence-electron chi connectivity index (χ2n) is 4.16. The number of hydrogen-bond acceptors (Lipinski definition) is 4. The average molecular weight is 265 g/mol. The van der Waals surface area contributed by atoms with Gasteiger partial charge in [0, 0.05) is 5.69 Å². The second kappa shape index (κ2) is 7.38. The fourth-order valence-corrected chi connectivity index (χ4v) is 1.47. The number of anilines is 1. The Morgan fingerprint density at radius 1 is 1.32 bits per heavy atom. The van der Waals surface area contributed by atoms with E-state index in [1.54, 1.807) is 24.3 Å². The largest absolute Gasteiger partial charge is 0.484 e. The minimum Gasteiger partial charge on any atom is -0.484 e. The first kappa shape index (κ1) is 15.0. The van der Waals surface area contributed by atoms with Gasteiger partial charge in [0.05, 0.1) is 6.04 Å². The standard InChI is InChI=1S/C13H19N3O3/c1-2-3-11(14)13(18)16-9-4-6-10(7-5-9)19-8-12(15)17/h4-7,11H,2-3,8,14H2,1H3,(H2,15,17)(H,16,18)/t11-/m0/s1. The summed E-state index contributed by atoms with van der Waals surface area (Å²) in [6, 6.07) is 6.13. The molecule has 0 bridgehead atoms. The van der Waals surface area contributed by atoms with Gasteiger partial charge >= 0.3 is 0 Å². The van der Waals surface area contributed by atoms with Gasteiger partial charge in [0.25, 0.3) is 5.91 Å². The van der Waals surface area contributed by atoms with Crippen LogP contribution in [0, 0.1) is 0 Å². The van der Waals surface area contributed by atoms with E-state index >= 15 is 0 Å². The molecule has 0 heterocycles. The number of nitrogens with two attached hydrogens (primary N) is 2. The van der Waals surface area contributed by atoms with Crippen molar-refractivity contribution in [2.45, 2.75) is 25.8 Å². The van der Waals surface area contributed by atoms with E-state index in [2.05, 4.69) is 5.32 Å². The van der Waals surface area contributed by atoms with E-state index in [1.165, 1.54) is 0 Å². The van der Waals surface area contributed by atoms with Gasteiger partial charge in [-0.25, -0.2) is 0 Å². The number of hydrogen-bond donors (Lipinski definition) is 3. The monoisotopic (exact) mass is 265 g/mol. The molecule has 0 saturated heterocycles. The molecule has 0 spiro atoms. The van der Waals surface area contributed by atoms with Gasteiger partial charge in [-0.3, -0.25) is 9.59 Å². The molecular formula is C13H19N3O3. The van der Waals surface area contributed by atoms with E-state index in [9.17, 15) is 9.59 Å². The highest BCUT2D eigenvalue weighted by atomic mass is 16.5. The zero-order chi connectivity index (χ0) is 14.3. The van der Waals surface area contributed by atoms with Crippen molar-refractivity contribution in [3.05, 3.63) is 24.3 Å². The fraction of sp³-hybridized carbons (Fsp3) is 0.385. The average Bonchev–Trinajstić information content (AvgIpc) is 2.38. The van der Waals surface area contributed by atoms with Gasteiger partial charge in [0.1, 0.15) is 5.75 Å². The topological polar surface area (TPSA) is 107 Å². The normalized spacial score (nSPS) is 11.7. The summed E-state index contributed by atoms with van der Waals surface area (Å²) in [6.45, 7) is 1.80. The molecule has 0 aliphatic rings. The van der Waals surface area contributed by atoms with Crippen LogP contribution in [-0.4, -0.2) is 24.5 Å². The quantitative estimate of drug-likeness (QED) is 0.671. The summed E-state index contributed by atoms with van der Waals surface area (Å²) in [7, 11) is 0. The number of amides is 2. The number of ether oxygens (including phenoxy) is 1. The molecule has 0 radical (unpaired) electrons. The van der Waals surface area contributed by atoms with Gasteiger partial charge in [-0.05, 0) is 30.7 Å². The molecule has 2 amide bonds. The van der Waals surface area contributed by atoms with Crippen LogP contribution in [0.3, 0.4) is 0 Å². The molecule has 104 valence electrons. The summed E-state index contributed by atoms with van der Waals surface area (Å²) < 4.78 is 5.10. The Balaban J connectivity index is 2.52. The Morgan fingerprint density at radius 2 is 1.95 bits per heavy atom. The molecule has 1 aromatic rings. The molecule has 0 aromatic heterocycles. The van der Waals surface area contributed by atoms with Crippen LogP contribution in [0.1, 0.15) is 19.8 Å². The van der Waals surface area contributed by atoms with Crippen LogP contribution in [-0.2, 0) is 9.59 Å². The number of nitrogens with one attached hydrogen (secondary N) is 1. The Labute approximate surface area is 112 Å². The zero-order valence-electron chi connectivity index (χ0n) is 10.9. The first-order chi connectivity index (χ1) is 9.02. The molecule has 6 nitrogen and oxygen atoms in total. The van der Waals surface area contributed by atoms with Crippen LogP contribution in [0.5, 0.6) is 5.75 Å². The van der Waals surface area contributed by atoms with Gasteiger partial charge in [-0.2, -0.15) is 0 Å². The van der Waals surface area contributed by atoms with E-state index in [1.807, 2.05) is 6.92 Å². The molecule has 19 heavy (non-hydrogen) atoms. The Morgan fingerprint density at radius 3 is 2.47 bits per heavy atom. The van der Waals surface area contributed by atoms with Gasteiger partial charge in [0.2, 0.25) is 5.91 Å². The van der Waals surface area contributed by atoms with E-state index in [-0.39, 0.29) is 12.5 Å². The van der Waals surface area contributed by atoms with Crippen LogP contribution in [0.25, 0.3) is 0 Å². The maximum atomic E-state index is 11.7. The lowest BCUT2D eigenvalue weighted by atomic mass is 10.1. The molecule has 0 unspecified atom stereocenters. The van der Waals surface area contributed by atoms with Crippen molar-refractivity contribution in [3.8, 4) is 5.75 Å². The van der Waals surface area contributed by atoms with E-state index in [4.69, 9.17) is 16.2 Å². The lowest BCUT2D eigenvalue weighted by Gasteiger charge is -2.11. The van der Waals surface area contributed by atoms with Gasteiger partial charge in [-0.15, -0.1) is 0 Å². The van der Waals surface area contributed by atoms with E-state index in [0.717, 1.165) is 6.42 Å². The third-order valence-electron chi connectivity index (χ3n) is 2.44. The zero-order valence-corrected chi connectivity index (χ0v) is 10.9. The van der Waals surface area contributed by atoms with Crippen LogP contribution >= 0.6 is 0 Å². The van der Waals surface area contributed by atoms with Gasteiger partial charge < -0.3 is 21.5 Å². The molecule has 1 aromatic carbocycles. The summed E-state index contributed by atoms with van der Waals surface area (Å²) in [6.07, 6.45) is 1.50. The molecule has 0 saturated carbocycles. The minimum absolute atomic E-state index is 0.174. The molecule has 5 N–H and O–H groups in total. The number of carbonyl (C=O) groups is 2. The molecule has 0 fully saturated rings. The lowest BCUT2D eigenvalue weighted by Crippen LogP contribution is -2.35. The van der Waals surface area contributed by atoms with Gasteiger partial charge in [0.15, 0.2) is 6.61 Å². The maximum Gasteiger partial charge on any atom is 0.255 e. The lowest BCUT2D eigenvalue weighted by molar-refractivity contribution is -0.120. The van der Waals surface area contributed by atoms with Crippen LogP contribution in [0.2, 0.25) is 0 Å². The van der Waals surface area contributed by atoms with Gasteiger partial charge in [-0.1, -0.05) is 13.3 Å². The maximum absolute atomic E-state index is 11.7. The molecule has 6 heteroatoms. The summed E-state index contributed by atoms with van der Waals surface area (Å²) in [5.74, 6) is -0.245. The van der Waals surface area contributed by atoms with Crippen molar-refractivity contribution in [1.29, 1.82) is 0 Å². The predicted octanol–water partition coefficient (Wildman–Crippen LogP) is 0.617. The number of rotatable bonds is 7. The third kappa shape index (κ3) is 5.39. The summed E-state index contributed by atoms with van der Waals surface area (Å²) in [5.41, 5.74) is 11.3. The summed E-state index contributed by atoms with van der Waals surface area (Å²) in [4.78, 5) is 22.2. The highest BCUT2D eigenvalue weighted by Gasteiger charge is 2.12. The Kier molecular flexibility index (Phi) is 5.81. The van der Waals surface area contributed by atoms with E-state index < -0.39 is 11.9 Å². The van der Waals surface area contributed by atoms with Crippen molar-refractivity contribution in [3.63, 3.8) is 0 Å². The van der Waals surface area contributed by atoms with Crippen molar-refractivity contribution in [1.82, 2.24) is 0 Å². The molecule has 1 atom stereocenters. The molecule has 1 rings (SSSR count). The van der Waals surface area contributed by atoms with Crippen LogP contribution in [0.15, 0.2) is 24.3 Å². The first-order valence-corrected chi connectivity index (χ1v) is 6.10. The van der Waals surface area contributed by atoms with Crippen molar-refractivity contribution < 1.29 is 14.3 Å². The first-order valence-electron chi connectivity index (χ1n) is 6.10. The Hall–Kier alpha value is -2.08. The van der Waals surface area contributed by atoms with Crippen molar-refractivity contribution in [2.75, 3.05) is 11.9 Å². The molecule has 0 aliphatic heterocycles. The predicted molar refractivity (Wildman–Crippen MR) is 72.6 cm³/mol. The second-order valence-corrected chi connectivity index (χ2v) is 4.16. The number of benzene rings is 1. The van der Waals surface area contributed by atoms with Crippen molar-refractivity contribution >= 4 is 17.5 Å². The van der Waals surface area contributed by atoms with Crippen LogP contribution in [0.4, 0.5) is 5.69 Å². The summed E-state index contributed by atoms with van der Waals surface area (Å²) in [5, 5.41) is 2.71. The SMILES string of the molecule is CCC[C@H](N)C(=O)Nc1ccc(OCC(N)=O)cc1. The highest BCUT2D eigenvalue weighted by molar-refractivity contribution is 5.94. The number of carbonyl (C=O) groups excluding carboxylic acids is 2. The fourth-order valence-electron chi connectivity index (χ4n) is 1.47. The molecular weight excluding hydrogens is 246 g/mol. The van der Waals surface area contributed by atoms with Crippen molar-refractivity contribution in [2.24, 2.45) is 11.5 Å². The highest BCUT2D eigenvalue weighted by Crippen LogP contribution is 2.15. The van der Waals surface area contributed by atoms with Crippen LogP contribution < -0.4 is 21.5 Å². The molecule has 0 aliphatic carbocycles. The minimum atomic E-state index is -0.539.